The number of carbonyl (C=O) groups excluding carboxylic acids is 3. The van der Waals surface area contributed by atoms with Gasteiger partial charge in [-0.2, -0.15) is 0 Å². The number of hydrogen-bond acceptors (Lipinski definition) is 3. The van der Waals surface area contributed by atoms with E-state index in [1.807, 2.05) is 27.7 Å². The molecule has 2 aromatic rings. The summed E-state index contributed by atoms with van der Waals surface area (Å²) in [6.07, 6.45) is 11.3. The van der Waals surface area contributed by atoms with Crippen LogP contribution in [0.25, 0.3) is 11.1 Å². The first-order chi connectivity index (χ1) is 21.3. The van der Waals surface area contributed by atoms with Crippen LogP contribution < -0.4 is 5.32 Å². The first-order valence-electron chi connectivity index (χ1n) is 17.1. The van der Waals surface area contributed by atoms with Gasteiger partial charge in [-0.15, -0.1) is 0 Å². The summed E-state index contributed by atoms with van der Waals surface area (Å²) < 4.78 is 0. The normalized spacial score (nSPS) is 16.8. The fraction of sp³-hybridized carbons (Fsp3) is 0.595. The highest BCUT2D eigenvalue weighted by Gasteiger charge is 2.43. The highest BCUT2D eigenvalue weighted by molar-refractivity contribution is 5.97. The van der Waals surface area contributed by atoms with E-state index in [4.69, 9.17) is 0 Å². The van der Waals surface area contributed by atoms with E-state index in [1.54, 1.807) is 7.05 Å². The maximum Gasteiger partial charge on any atom is 0.317 e. The van der Waals surface area contributed by atoms with Crippen LogP contribution in [0.15, 0.2) is 48.5 Å². The summed E-state index contributed by atoms with van der Waals surface area (Å²) in [6.45, 7) is 10.9. The Hall–Kier alpha value is -3.35. The highest BCUT2D eigenvalue weighted by Crippen LogP contribution is 2.26. The molecule has 1 fully saturated rings. The number of urea groups is 1. The minimum Gasteiger partial charge on any atom is -0.341 e. The minimum atomic E-state index is -0.460. The van der Waals surface area contributed by atoms with Crippen molar-refractivity contribution in [1.29, 1.82) is 0 Å². The van der Waals surface area contributed by atoms with Gasteiger partial charge in [0.05, 0.1) is 0 Å². The Kier molecular flexibility index (Phi) is 14.7. The number of nitrogens with zero attached hydrogens (tertiary/aromatic N) is 3. The molecule has 242 valence electrons. The van der Waals surface area contributed by atoms with Crippen molar-refractivity contribution in [2.75, 3.05) is 26.7 Å². The predicted octanol–water partition coefficient (Wildman–Crippen LogP) is 7.43. The van der Waals surface area contributed by atoms with Crippen molar-refractivity contribution in [3.63, 3.8) is 0 Å². The van der Waals surface area contributed by atoms with Crippen LogP contribution in [0.3, 0.4) is 0 Å². The molecule has 0 radical (unpaired) electrons. The summed E-state index contributed by atoms with van der Waals surface area (Å²) in [5.41, 5.74) is 4.32. The van der Waals surface area contributed by atoms with Gasteiger partial charge < -0.3 is 20.0 Å². The molecule has 1 N–H and O–H groups in total. The van der Waals surface area contributed by atoms with E-state index in [1.165, 1.54) is 25.7 Å². The third-order valence-corrected chi connectivity index (χ3v) is 8.86. The number of hydrogen-bond donors (Lipinski definition) is 1. The van der Waals surface area contributed by atoms with Crippen LogP contribution in [0.1, 0.15) is 103 Å². The molecule has 1 aliphatic heterocycles. The van der Waals surface area contributed by atoms with Crippen LogP contribution in [0.5, 0.6) is 0 Å². The Morgan fingerprint density at radius 1 is 0.750 bits per heavy atom. The van der Waals surface area contributed by atoms with Crippen LogP contribution in [-0.4, -0.2) is 71.3 Å². The fourth-order valence-electron chi connectivity index (χ4n) is 6.09. The summed E-state index contributed by atoms with van der Waals surface area (Å²) in [5.74, 6) is 0.162. The Morgan fingerprint density at radius 2 is 1.41 bits per heavy atom. The molecule has 1 heterocycles. The average Bonchev–Trinajstić information content (AvgIpc) is 3.04. The lowest BCUT2D eigenvalue weighted by atomic mass is 9.95. The molecule has 1 aliphatic rings. The van der Waals surface area contributed by atoms with Crippen molar-refractivity contribution in [2.45, 2.75) is 117 Å². The molecule has 2 aromatic carbocycles. The zero-order chi connectivity index (χ0) is 31.9. The second-order valence-corrected chi connectivity index (χ2v) is 12.3. The van der Waals surface area contributed by atoms with Gasteiger partial charge in [-0.3, -0.25) is 9.59 Å². The van der Waals surface area contributed by atoms with Crippen molar-refractivity contribution < 1.29 is 14.4 Å². The van der Waals surface area contributed by atoms with E-state index in [-0.39, 0.29) is 17.8 Å². The van der Waals surface area contributed by atoms with Crippen LogP contribution >= 0.6 is 0 Å². The summed E-state index contributed by atoms with van der Waals surface area (Å²) >= 11 is 0. The third-order valence-electron chi connectivity index (χ3n) is 8.86. The van der Waals surface area contributed by atoms with Crippen LogP contribution in [0.2, 0.25) is 0 Å². The van der Waals surface area contributed by atoms with Gasteiger partial charge in [0.2, 0.25) is 11.8 Å². The number of rotatable bonds is 18. The largest absolute Gasteiger partial charge is 0.341 e. The Balaban J connectivity index is 1.73. The molecule has 44 heavy (non-hydrogen) atoms. The number of unbranched alkanes of at least 4 members (excludes halogenated alkanes) is 7. The lowest BCUT2D eigenvalue weighted by Crippen LogP contribution is -2.64. The van der Waals surface area contributed by atoms with Gasteiger partial charge in [0.1, 0.15) is 12.1 Å². The maximum atomic E-state index is 13.9. The summed E-state index contributed by atoms with van der Waals surface area (Å²) in [7, 11) is 1.67. The molecule has 0 aliphatic carbocycles. The molecule has 0 unspecified atom stereocenters. The zero-order valence-electron chi connectivity index (χ0n) is 27.9. The van der Waals surface area contributed by atoms with E-state index in [0.717, 1.165) is 67.3 Å². The molecule has 7 nitrogen and oxygen atoms in total. The molecule has 4 amide bonds. The molecular formula is C37H56N4O3. The fourth-order valence-corrected chi connectivity index (χ4v) is 6.09. The van der Waals surface area contributed by atoms with Crippen LogP contribution in [0.4, 0.5) is 4.79 Å². The maximum absolute atomic E-state index is 13.9. The lowest BCUT2D eigenvalue weighted by molar-refractivity contribution is -0.161. The van der Waals surface area contributed by atoms with Crippen molar-refractivity contribution in [2.24, 2.45) is 0 Å². The van der Waals surface area contributed by atoms with Gasteiger partial charge in [0, 0.05) is 39.6 Å². The number of carbonyl (C=O) groups is 3. The van der Waals surface area contributed by atoms with Crippen molar-refractivity contribution in [3.8, 4) is 11.1 Å². The second kappa shape index (κ2) is 18.5. The molecule has 0 bridgehead atoms. The SMILES string of the molecule is CCCCCCCCN1C(=O)[C@@H](Cc2ccc(-c3cccc(CN(CCCC)C(=O)NC)c3)cc2)N(CCCC)C(=O)[C@@H]1C. The Labute approximate surface area is 266 Å². The van der Waals surface area contributed by atoms with E-state index >= 15 is 0 Å². The molecule has 0 saturated carbocycles. The third kappa shape index (κ3) is 9.83. The number of benzene rings is 2. The van der Waals surface area contributed by atoms with E-state index in [9.17, 15) is 14.4 Å². The molecule has 0 aromatic heterocycles. The van der Waals surface area contributed by atoms with Crippen LogP contribution in [-0.2, 0) is 22.6 Å². The molecule has 0 spiro atoms. The van der Waals surface area contributed by atoms with Gasteiger partial charge >= 0.3 is 6.03 Å². The van der Waals surface area contributed by atoms with Crippen molar-refractivity contribution in [3.05, 3.63) is 59.7 Å². The Morgan fingerprint density at radius 3 is 2.09 bits per heavy atom. The Bertz CT molecular complexity index is 1180. The number of piperazine rings is 1. The molecule has 7 heteroatoms. The smallest absolute Gasteiger partial charge is 0.317 e. The average molecular weight is 605 g/mol. The highest BCUT2D eigenvalue weighted by atomic mass is 16.2. The van der Waals surface area contributed by atoms with Gasteiger partial charge in [0.15, 0.2) is 0 Å². The summed E-state index contributed by atoms with van der Waals surface area (Å²) in [4.78, 5) is 45.4. The molecular weight excluding hydrogens is 548 g/mol. The van der Waals surface area contributed by atoms with Gasteiger partial charge in [0.25, 0.3) is 0 Å². The minimum absolute atomic E-state index is 0.0585. The topological polar surface area (TPSA) is 73.0 Å². The number of nitrogens with one attached hydrogen (secondary N) is 1. The second-order valence-electron chi connectivity index (χ2n) is 12.3. The first kappa shape index (κ1) is 35.1. The standard InChI is InChI=1S/C37H56N4O3/c1-6-9-12-13-14-15-25-40-29(4)35(42)41(24-11-8-3)34(36(40)43)27-30-19-21-32(22-20-30)33-18-16-17-31(26-33)28-39(23-10-7-2)37(44)38-5/h16-22,26,29,34H,6-15,23-25,27-28H2,1-5H3,(H,38,44)/t29-,34+/m0/s1. The lowest BCUT2D eigenvalue weighted by Gasteiger charge is -2.44. The summed E-state index contributed by atoms with van der Waals surface area (Å²) in [6, 6.07) is 15.8. The van der Waals surface area contributed by atoms with Crippen LogP contribution in [0, 0.1) is 0 Å². The predicted molar refractivity (Wildman–Crippen MR) is 180 cm³/mol. The zero-order valence-corrected chi connectivity index (χ0v) is 27.9. The van der Waals surface area contributed by atoms with E-state index < -0.39 is 12.1 Å². The molecule has 2 atom stereocenters. The first-order valence-corrected chi connectivity index (χ1v) is 17.1. The van der Waals surface area contributed by atoms with E-state index in [0.29, 0.717) is 26.1 Å². The molecule has 3 rings (SSSR count). The monoisotopic (exact) mass is 604 g/mol. The number of amides is 4. The van der Waals surface area contributed by atoms with Crippen molar-refractivity contribution in [1.82, 2.24) is 20.0 Å². The summed E-state index contributed by atoms with van der Waals surface area (Å²) in [5, 5.41) is 2.76. The van der Waals surface area contributed by atoms with Gasteiger partial charge in [-0.25, -0.2) is 4.79 Å². The van der Waals surface area contributed by atoms with Crippen molar-refractivity contribution >= 4 is 17.8 Å². The molecule has 1 saturated heterocycles. The van der Waals surface area contributed by atoms with Gasteiger partial charge in [-0.05, 0) is 54.5 Å². The quantitative estimate of drug-likeness (QED) is 0.180. The van der Waals surface area contributed by atoms with E-state index in [2.05, 4.69) is 68.6 Å². The van der Waals surface area contributed by atoms with Gasteiger partial charge in [-0.1, -0.05) is 108 Å².